The molecule has 0 saturated heterocycles. The van der Waals surface area contributed by atoms with Gasteiger partial charge in [-0.2, -0.15) is 0 Å². The van der Waals surface area contributed by atoms with Crippen molar-refractivity contribution in [1.29, 1.82) is 0 Å². The Hall–Kier alpha value is -2.99. The van der Waals surface area contributed by atoms with Gasteiger partial charge in [-0.3, -0.25) is 14.6 Å². The summed E-state index contributed by atoms with van der Waals surface area (Å²) in [5.41, 5.74) is 8.20. The lowest BCUT2D eigenvalue weighted by Gasteiger charge is -2.09. The number of aromatic nitrogens is 1. The molecule has 5 nitrogen and oxygen atoms in total. The number of amides is 2. The first-order valence-corrected chi connectivity index (χ1v) is 8.15. The summed E-state index contributed by atoms with van der Waals surface area (Å²) < 4.78 is 0. The molecule has 0 radical (unpaired) electrons. The van der Waals surface area contributed by atoms with Gasteiger partial charge in [0, 0.05) is 11.3 Å². The van der Waals surface area contributed by atoms with Gasteiger partial charge in [0.25, 0.3) is 5.91 Å². The fourth-order valence-electron chi connectivity index (χ4n) is 2.28. The fraction of sp³-hybridized carbons (Fsp3) is 0.0556. The number of pyridine rings is 1. The zero-order valence-corrected chi connectivity index (χ0v) is 13.8. The third-order valence-electron chi connectivity index (χ3n) is 3.53. The van der Waals surface area contributed by atoms with Crippen molar-refractivity contribution in [2.75, 3.05) is 5.32 Å². The van der Waals surface area contributed by atoms with Crippen LogP contribution in [-0.4, -0.2) is 16.8 Å². The molecular formula is C18H15N3O2S. The van der Waals surface area contributed by atoms with E-state index in [0.717, 1.165) is 10.6 Å². The first-order valence-electron chi connectivity index (χ1n) is 7.27. The van der Waals surface area contributed by atoms with E-state index in [2.05, 4.69) is 10.3 Å². The van der Waals surface area contributed by atoms with E-state index in [9.17, 15) is 9.59 Å². The third-order valence-corrected chi connectivity index (χ3v) is 4.42. The van der Waals surface area contributed by atoms with E-state index in [-0.39, 0.29) is 5.91 Å². The highest BCUT2D eigenvalue weighted by molar-refractivity contribution is 7.13. The molecule has 2 amide bonds. The zero-order valence-electron chi connectivity index (χ0n) is 12.9. The molecule has 120 valence electrons. The predicted molar refractivity (Wildman–Crippen MR) is 95.2 cm³/mol. The summed E-state index contributed by atoms with van der Waals surface area (Å²) in [5.74, 6) is -0.748. The Morgan fingerprint density at radius 3 is 2.42 bits per heavy atom. The zero-order chi connectivity index (χ0) is 17.1. The van der Waals surface area contributed by atoms with Gasteiger partial charge in [-0.05, 0) is 54.8 Å². The number of thiophene rings is 1. The van der Waals surface area contributed by atoms with Crippen LogP contribution in [0.25, 0.3) is 10.6 Å². The first kappa shape index (κ1) is 15.9. The highest BCUT2D eigenvalue weighted by Gasteiger charge is 2.12. The number of hydrogen-bond donors (Lipinski definition) is 2. The monoisotopic (exact) mass is 337 g/mol. The maximum Gasteiger partial charge on any atom is 0.257 e. The molecule has 3 N–H and O–H groups in total. The van der Waals surface area contributed by atoms with Crippen molar-refractivity contribution in [2.45, 2.75) is 6.92 Å². The van der Waals surface area contributed by atoms with Crippen LogP contribution in [0.1, 0.15) is 26.4 Å². The van der Waals surface area contributed by atoms with Crippen molar-refractivity contribution in [3.8, 4) is 10.6 Å². The molecule has 0 unspecified atom stereocenters. The maximum atomic E-state index is 12.4. The molecule has 0 bridgehead atoms. The van der Waals surface area contributed by atoms with Gasteiger partial charge in [-0.1, -0.05) is 6.07 Å². The van der Waals surface area contributed by atoms with Crippen LogP contribution in [0.4, 0.5) is 5.69 Å². The molecule has 2 aromatic heterocycles. The molecule has 0 aliphatic heterocycles. The van der Waals surface area contributed by atoms with Crippen LogP contribution in [0.15, 0.2) is 53.9 Å². The summed E-state index contributed by atoms with van der Waals surface area (Å²) >= 11 is 1.60. The average molecular weight is 337 g/mol. The smallest absolute Gasteiger partial charge is 0.257 e. The number of hydrogen-bond acceptors (Lipinski definition) is 4. The van der Waals surface area contributed by atoms with E-state index in [1.807, 2.05) is 30.5 Å². The quantitative estimate of drug-likeness (QED) is 0.764. The van der Waals surface area contributed by atoms with Crippen LogP contribution in [0.3, 0.4) is 0 Å². The Morgan fingerprint density at radius 1 is 1.08 bits per heavy atom. The summed E-state index contributed by atoms with van der Waals surface area (Å²) in [6.07, 6.45) is 0. The summed E-state index contributed by atoms with van der Waals surface area (Å²) in [6.45, 7) is 1.81. The highest BCUT2D eigenvalue weighted by atomic mass is 32.1. The molecule has 0 atom stereocenters. The van der Waals surface area contributed by atoms with Crippen LogP contribution in [0, 0.1) is 6.92 Å². The summed E-state index contributed by atoms with van der Waals surface area (Å²) in [6, 6.07) is 14.0. The second-order valence-electron chi connectivity index (χ2n) is 5.20. The largest absolute Gasteiger partial charge is 0.366 e. The van der Waals surface area contributed by atoms with Crippen LogP contribution in [0.5, 0.6) is 0 Å². The number of nitrogens with two attached hydrogens (primary N) is 1. The maximum absolute atomic E-state index is 12.4. The van der Waals surface area contributed by atoms with Crippen LogP contribution >= 0.6 is 11.3 Å². The van der Waals surface area contributed by atoms with Gasteiger partial charge >= 0.3 is 0 Å². The molecule has 0 saturated carbocycles. The number of nitrogens with one attached hydrogen (secondary N) is 1. The second-order valence-corrected chi connectivity index (χ2v) is 6.15. The first-order chi connectivity index (χ1) is 11.5. The van der Waals surface area contributed by atoms with Crippen molar-refractivity contribution >= 4 is 28.8 Å². The fourth-order valence-corrected chi connectivity index (χ4v) is 2.97. The Bertz CT molecular complexity index is 887. The number of carbonyl (C=O) groups excluding carboxylic acids is 2. The number of primary amides is 1. The molecule has 6 heteroatoms. The molecule has 3 aromatic rings. The van der Waals surface area contributed by atoms with E-state index >= 15 is 0 Å². The van der Waals surface area contributed by atoms with Crippen molar-refractivity contribution in [1.82, 2.24) is 4.98 Å². The number of carbonyl (C=O) groups is 2. The lowest BCUT2D eigenvalue weighted by atomic mass is 10.1. The van der Waals surface area contributed by atoms with Crippen LogP contribution < -0.4 is 11.1 Å². The van der Waals surface area contributed by atoms with Gasteiger partial charge in [0.1, 0.15) is 0 Å². The van der Waals surface area contributed by atoms with E-state index in [0.29, 0.717) is 22.5 Å². The minimum absolute atomic E-state index is 0.246. The number of rotatable bonds is 4. The standard InChI is InChI=1S/C18H15N3O2S/c1-11-14(8-9-15(20-11)16-3-2-10-24-16)18(23)21-13-6-4-12(5-7-13)17(19)22/h2-10H,1H3,(H2,19,22)(H,21,23). The molecule has 1 aromatic carbocycles. The lowest BCUT2D eigenvalue weighted by molar-refractivity contribution is 0.0998. The number of benzene rings is 1. The molecule has 0 aliphatic carbocycles. The van der Waals surface area contributed by atoms with Gasteiger partial charge < -0.3 is 11.1 Å². The second kappa shape index (κ2) is 6.64. The van der Waals surface area contributed by atoms with E-state index in [1.54, 1.807) is 41.7 Å². The molecule has 0 spiro atoms. The molecule has 3 rings (SSSR count). The van der Waals surface area contributed by atoms with Gasteiger partial charge in [-0.25, -0.2) is 0 Å². The van der Waals surface area contributed by atoms with E-state index in [1.165, 1.54) is 0 Å². The Morgan fingerprint density at radius 2 is 1.83 bits per heavy atom. The van der Waals surface area contributed by atoms with Gasteiger partial charge in [0.15, 0.2) is 0 Å². The lowest BCUT2D eigenvalue weighted by Crippen LogP contribution is -2.15. The van der Waals surface area contributed by atoms with E-state index < -0.39 is 5.91 Å². The van der Waals surface area contributed by atoms with Crippen molar-refractivity contribution < 1.29 is 9.59 Å². The molecule has 24 heavy (non-hydrogen) atoms. The summed E-state index contributed by atoms with van der Waals surface area (Å²) in [7, 11) is 0. The third kappa shape index (κ3) is 3.33. The summed E-state index contributed by atoms with van der Waals surface area (Å²) in [4.78, 5) is 29.0. The summed E-state index contributed by atoms with van der Waals surface area (Å²) in [5, 5.41) is 4.78. The SMILES string of the molecule is Cc1nc(-c2cccs2)ccc1C(=O)Nc1ccc(C(N)=O)cc1. The van der Waals surface area contributed by atoms with Crippen LogP contribution in [-0.2, 0) is 0 Å². The van der Waals surface area contributed by atoms with Crippen LogP contribution in [0.2, 0.25) is 0 Å². The van der Waals surface area contributed by atoms with Gasteiger partial charge in [-0.15, -0.1) is 11.3 Å². The van der Waals surface area contributed by atoms with Gasteiger partial charge in [0.2, 0.25) is 5.91 Å². The molecule has 0 aliphatic rings. The number of nitrogens with zero attached hydrogens (tertiary/aromatic N) is 1. The molecule has 2 heterocycles. The Kier molecular flexibility index (Phi) is 4.39. The average Bonchev–Trinajstić information content (AvgIpc) is 3.09. The van der Waals surface area contributed by atoms with Crippen molar-refractivity contribution in [3.63, 3.8) is 0 Å². The van der Waals surface area contributed by atoms with E-state index in [4.69, 9.17) is 5.73 Å². The van der Waals surface area contributed by atoms with Gasteiger partial charge in [0.05, 0.1) is 21.8 Å². The number of anilines is 1. The molecular weight excluding hydrogens is 322 g/mol. The highest BCUT2D eigenvalue weighted by Crippen LogP contribution is 2.24. The predicted octanol–water partition coefficient (Wildman–Crippen LogP) is 3.47. The minimum Gasteiger partial charge on any atom is -0.366 e. The topological polar surface area (TPSA) is 85.1 Å². The molecule has 0 fully saturated rings. The van der Waals surface area contributed by atoms with Crippen molar-refractivity contribution in [3.05, 3.63) is 70.7 Å². The van der Waals surface area contributed by atoms with Crippen molar-refractivity contribution in [2.24, 2.45) is 5.73 Å². The number of aryl methyl sites for hydroxylation is 1. The minimum atomic E-state index is -0.503. The Labute approximate surface area is 143 Å². The normalized spacial score (nSPS) is 10.4. The Balaban J connectivity index is 1.78.